The highest BCUT2D eigenvalue weighted by Crippen LogP contribution is 2.33. The van der Waals surface area contributed by atoms with Gasteiger partial charge in [-0.2, -0.15) is 11.8 Å². The Labute approximate surface area is 154 Å². The first kappa shape index (κ1) is 17.3. The highest BCUT2D eigenvalue weighted by molar-refractivity contribution is 7.99. The van der Waals surface area contributed by atoms with Gasteiger partial charge in [-0.3, -0.25) is 9.80 Å². The zero-order valence-electron chi connectivity index (χ0n) is 14.6. The van der Waals surface area contributed by atoms with E-state index in [0.29, 0.717) is 6.10 Å². The van der Waals surface area contributed by atoms with Gasteiger partial charge in [0.05, 0.1) is 6.10 Å². The molecule has 0 spiro atoms. The zero-order chi connectivity index (χ0) is 16.2. The van der Waals surface area contributed by atoms with Crippen LogP contribution in [0.5, 0.6) is 0 Å². The number of rotatable bonds is 4. The molecule has 134 valence electrons. The van der Waals surface area contributed by atoms with Crippen molar-refractivity contribution in [2.24, 2.45) is 0 Å². The van der Waals surface area contributed by atoms with Crippen LogP contribution in [0, 0.1) is 0 Å². The van der Waals surface area contributed by atoms with Gasteiger partial charge in [-0.05, 0) is 44.2 Å². The quantitative estimate of drug-likeness (QED) is 0.800. The van der Waals surface area contributed by atoms with Gasteiger partial charge >= 0.3 is 0 Å². The van der Waals surface area contributed by atoms with Gasteiger partial charge in [-0.25, -0.2) is 0 Å². The number of hydrogen-bond acceptors (Lipinski definition) is 5. The van der Waals surface area contributed by atoms with Crippen LogP contribution in [0.3, 0.4) is 0 Å². The van der Waals surface area contributed by atoms with E-state index in [2.05, 4.69) is 33.7 Å². The number of likely N-dealkylation sites (tertiary alicyclic amines) is 1. The van der Waals surface area contributed by atoms with Crippen molar-refractivity contribution in [1.82, 2.24) is 9.80 Å². The van der Waals surface area contributed by atoms with Crippen LogP contribution in [0.25, 0.3) is 0 Å². The highest BCUT2D eigenvalue weighted by Gasteiger charge is 2.26. The minimum atomic E-state index is 0.375. The molecule has 3 nitrogen and oxygen atoms in total. The molecule has 0 aliphatic carbocycles. The summed E-state index contributed by atoms with van der Waals surface area (Å²) in [5.74, 6) is 2.67. The molecule has 3 saturated heterocycles. The molecule has 5 heteroatoms. The third-order valence-electron chi connectivity index (χ3n) is 5.68. The smallest absolute Gasteiger partial charge is 0.0916 e. The van der Waals surface area contributed by atoms with Crippen molar-refractivity contribution in [3.8, 4) is 0 Å². The molecule has 4 rings (SSSR count). The number of piperidine rings is 1. The van der Waals surface area contributed by atoms with Crippen LogP contribution in [0.15, 0.2) is 12.1 Å². The molecule has 3 fully saturated rings. The molecule has 1 aromatic rings. The Morgan fingerprint density at radius 3 is 2.58 bits per heavy atom. The molecule has 3 aliphatic heterocycles. The molecule has 4 heterocycles. The standard InChI is InChI=1S/C19H30N2OS2/c1-2-12-22-18(3-1)19-5-4-17(24-19)15-20-8-6-16(7-9-20)21-10-13-23-14-11-21/h4-5,16,18H,1-3,6-15H2/t18-/m0/s1. The maximum absolute atomic E-state index is 5.94. The SMILES string of the molecule is c1cc([C@@H]2CCCCO2)sc1CN1CCC(N2CCSCC2)CC1. The fourth-order valence-corrected chi connectivity index (χ4v) is 6.29. The second-order valence-corrected chi connectivity index (χ2v) is 9.74. The lowest BCUT2D eigenvalue weighted by molar-refractivity contribution is 0.0172. The zero-order valence-corrected chi connectivity index (χ0v) is 16.3. The summed E-state index contributed by atoms with van der Waals surface area (Å²) in [6.07, 6.45) is 6.85. The second kappa shape index (κ2) is 8.54. The van der Waals surface area contributed by atoms with E-state index in [1.165, 1.54) is 79.5 Å². The Bertz CT molecular complexity index is 501. The largest absolute Gasteiger partial charge is 0.373 e. The van der Waals surface area contributed by atoms with Crippen molar-refractivity contribution < 1.29 is 4.74 Å². The first-order chi connectivity index (χ1) is 11.9. The first-order valence-corrected chi connectivity index (χ1v) is 11.6. The molecule has 0 radical (unpaired) electrons. The topological polar surface area (TPSA) is 15.7 Å². The fraction of sp³-hybridized carbons (Fsp3) is 0.789. The van der Waals surface area contributed by atoms with Crippen molar-refractivity contribution in [3.63, 3.8) is 0 Å². The van der Waals surface area contributed by atoms with Gasteiger partial charge in [-0.1, -0.05) is 0 Å². The molecule has 0 bridgehead atoms. The minimum Gasteiger partial charge on any atom is -0.373 e. The van der Waals surface area contributed by atoms with Crippen LogP contribution in [0.2, 0.25) is 0 Å². The predicted molar refractivity (Wildman–Crippen MR) is 104 cm³/mol. The van der Waals surface area contributed by atoms with E-state index in [1.807, 2.05) is 11.3 Å². The molecule has 0 N–H and O–H groups in total. The van der Waals surface area contributed by atoms with Gasteiger partial charge in [0.25, 0.3) is 0 Å². The Morgan fingerprint density at radius 2 is 1.83 bits per heavy atom. The van der Waals surface area contributed by atoms with Gasteiger partial charge < -0.3 is 4.74 Å². The summed E-state index contributed by atoms with van der Waals surface area (Å²) >= 11 is 4.10. The lowest BCUT2D eigenvalue weighted by Gasteiger charge is -2.40. The van der Waals surface area contributed by atoms with E-state index in [1.54, 1.807) is 0 Å². The Morgan fingerprint density at radius 1 is 1.00 bits per heavy atom. The normalized spacial score (nSPS) is 28.2. The molecular weight excluding hydrogens is 336 g/mol. The van der Waals surface area contributed by atoms with E-state index >= 15 is 0 Å². The molecular formula is C19H30N2OS2. The van der Waals surface area contributed by atoms with Crippen molar-refractivity contribution in [1.29, 1.82) is 0 Å². The average Bonchev–Trinajstić information content (AvgIpc) is 3.12. The number of thiophene rings is 1. The number of hydrogen-bond donors (Lipinski definition) is 0. The van der Waals surface area contributed by atoms with Crippen LogP contribution in [-0.4, -0.2) is 60.1 Å². The first-order valence-electron chi connectivity index (χ1n) is 9.63. The van der Waals surface area contributed by atoms with Crippen LogP contribution >= 0.6 is 23.1 Å². The van der Waals surface area contributed by atoms with Crippen LogP contribution in [0.1, 0.15) is 48.0 Å². The summed E-state index contributed by atoms with van der Waals surface area (Å²) in [5.41, 5.74) is 0. The van der Waals surface area contributed by atoms with Crippen molar-refractivity contribution in [2.45, 2.75) is 50.8 Å². The summed E-state index contributed by atoms with van der Waals surface area (Å²) in [4.78, 5) is 8.38. The van der Waals surface area contributed by atoms with E-state index in [9.17, 15) is 0 Å². The van der Waals surface area contributed by atoms with Crippen molar-refractivity contribution >= 4 is 23.1 Å². The molecule has 0 aromatic carbocycles. The van der Waals surface area contributed by atoms with Gasteiger partial charge in [-0.15, -0.1) is 11.3 Å². The second-order valence-electron chi connectivity index (χ2n) is 7.31. The molecule has 0 unspecified atom stereocenters. The highest BCUT2D eigenvalue weighted by atomic mass is 32.2. The lowest BCUT2D eigenvalue weighted by atomic mass is 10.0. The molecule has 0 amide bonds. The van der Waals surface area contributed by atoms with Gasteiger partial charge in [0.2, 0.25) is 0 Å². The number of thioether (sulfide) groups is 1. The van der Waals surface area contributed by atoms with E-state index in [-0.39, 0.29) is 0 Å². The fourth-order valence-electron chi connectivity index (χ4n) is 4.22. The van der Waals surface area contributed by atoms with Gasteiger partial charge in [0, 0.05) is 66.6 Å². The Balaban J connectivity index is 1.25. The summed E-state index contributed by atoms with van der Waals surface area (Å²) in [7, 11) is 0. The predicted octanol–water partition coefficient (Wildman–Crippen LogP) is 4.00. The molecule has 3 aliphatic rings. The molecule has 1 aromatic heterocycles. The summed E-state index contributed by atoms with van der Waals surface area (Å²) in [6.45, 7) is 7.24. The number of nitrogens with zero attached hydrogens (tertiary/aromatic N) is 2. The maximum atomic E-state index is 5.94. The van der Waals surface area contributed by atoms with E-state index < -0.39 is 0 Å². The van der Waals surface area contributed by atoms with E-state index in [4.69, 9.17) is 4.74 Å². The van der Waals surface area contributed by atoms with E-state index in [0.717, 1.165) is 19.2 Å². The molecule has 1 atom stereocenters. The Hall–Kier alpha value is -0.0700. The number of ether oxygens (including phenoxy) is 1. The van der Waals surface area contributed by atoms with Crippen LogP contribution < -0.4 is 0 Å². The lowest BCUT2D eigenvalue weighted by Crippen LogP contribution is -2.47. The molecule has 0 saturated carbocycles. The minimum absolute atomic E-state index is 0.375. The third kappa shape index (κ3) is 4.36. The third-order valence-corrected chi connectivity index (χ3v) is 7.78. The van der Waals surface area contributed by atoms with Gasteiger partial charge in [0.15, 0.2) is 0 Å². The van der Waals surface area contributed by atoms with Gasteiger partial charge in [0.1, 0.15) is 0 Å². The average molecular weight is 367 g/mol. The summed E-state index contributed by atoms with van der Waals surface area (Å²) in [6, 6.07) is 5.50. The summed E-state index contributed by atoms with van der Waals surface area (Å²) in [5, 5.41) is 0. The van der Waals surface area contributed by atoms with Crippen LogP contribution in [-0.2, 0) is 11.3 Å². The Kier molecular flexibility index (Phi) is 6.17. The summed E-state index contributed by atoms with van der Waals surface area (Å²) < 4.78 is 5.94. The van der Waals surface area contributed by atoms with Crippen LogP contribution in [0.4, 0.5) is 0 Å². The van der Waals surface area contributed by atoms with Crippen molar-refractivity contribution in [3.05, 3.63) is 21.9 Å². The molecule has 24 heavy (non-hydrogen) atoms. The monoisotopic (exact) mass is 366 g/mol. The maximum Gasteiger partial charge on any atom is 0.0916 e. The van der Waals surface area contributed by atoms with Crippen molar-refractivity contribution in [2.75, 3.05) is 44.3 Å².